The highest BCUT2D eigenvalue weighted by Crippen LogP contribution is 2.25. The lowest BCUT2D eigenvalue weighted by Crippen LogP contribution is -2.32. The molecule has 0 radical (unpaired) electrons. The van der Waals surface area contributed by atoms with E-state index in [2.05, 4.69) is 35.2 Å². The average molecular weight is 424 g/mol. The van der Waals surface area contributed by atoms with E-state index in [0.29, 0.717) is 22.8 Å². The molecule has 1 N–H and O–H groups in total. The SMILES string of the molecule is CCN(CC)CCC1CN(C(=O)Nc2ccc(C#N)cc2)N=C1c1ccc(Cl)cc1. The van der Waals surface area contributed by atoms with Crippen LogP contribution in [0, 0.1) is 17.2 Å². The zero-order valence-electron chi connectivity index (χ0n) is 17.3. The molecule has 1 aliphatic heterocycles. The maximum atomic E-state index is 12.8. The molecule has 7 heteroatoms. The van der Waals surface area contributed by atoms with E-state index in [9.17, 15) is 4.79 Å². The van der Waals surface area contributed by atoms with Crippen molar-refractivity contribution in [1.82, 2.24) is 9.91 Å². The molecule has 1 heterocycles. The van der Waals surface area contributed by atoms with Gasteiger partial charge < -0.3 is 10.2 Å². The fourth-order valence-electron chi connectivity index (χ4n) is 3.51. The first-order chi connectivity index (χ1) is 14.5. The molecular formula is C23H26ClN5O. The van der Waals surface area contributed by atoms with E-state index in [0.717, 1.165) is 37.3 Å². The van der Waals surface area contributed by atoms with Crippen molar-refractivity contribution in [3.05, 3.63) is 64.7 Å². The zero-order valence-corrected chi connectivity index (χ0v) is 18.1. The van der Waals surface area contributed by atoms with Gasteiger partial charge in [-0.1, -0.05) is 37.6 Å². The molecule has 0 saturated heterocycles. The summed E-state index contributed by atoms with van der Waals surface area (Å²) in [5, 5.41) is 18.6. The number of hydrogen-bond acceptors (Lipinski definition) is 4. The monoisotopic (exact) mass is 423 g/mol. The number of halogens is 1. The first-order valence-electron chi connectivity index (χ1n) is 10.2. The standard InChI is InChI=1S/C23H26ClN5O/c1-3-28(4-2)14-13-19-16-29(27-22(19)18-7-9-20(24)10-8-18)23(30)26-21-11-5-17(15-25)6-12-21/h5-12,19H,3-4,13-14,16H2,1-2H3,(H,26,30). The van der Waals surface area contributed by atoms with Crippen LogP contribution in [0.25, 0.3) is 0 Å². The van der Waals surface area contributed by atoms with E-state index in [-0.39, 0.29) is 11.9 Å². The normalized spacial score (nSPS) is 15.8. The Morgan fingerprint density at radius 2 is 1.87 bits per heavy atom. The third kappa shape index (κ3) is 5.38. The van der Waals surface area contributed by atoms with Crippen molar-refractivity contribution < 1.29 is 4.79 Å². The van der Waals surface area contributed by atoms with Crippen LogP contribution in [0.15, 0.2) is 53.6 Å². The molecule has 1 unspecified atom stereocenters. The summed E-state index contributed by atoms with van der Waals surface area (Å²) < 4.78 is 0. The summed E-state index contributed by atoms with van der Waals surface area (Å²) in [6.45, 7) is 7.79. The molecule has 0 aliphatic carbocycles. The van der Waals surface area contributed by atoms with Gasteiger partial charge in [-0.15, -0.1) is 0 Å². The molecule has 0 spiro atoms. The maximum Gasteiger partial charge on any atom is 0.342 e. The summed E-state index contributed by atoms with van der Waals surface area (Å²) in [6.07, 6.45) is 0.920. The fourth-order valence-corrected chi connectivity index (χ4v) is 3.64. The number of nitriles is 1. The Balaban J connectivity index is 1.76. The van der Waals surface area contributed by atoms with Gasteiger partial charge in [-0.05, 0) is 68.0 Å². The lowest BCUT2D eigenvalue weighted by molar-refractivity contribution is 0.213. The predicted octanol–water partition coefficient (Wildman–Crippen LogP) is 4.81. The van der Waals surface area contributed by atoms with E-state index in [4.69, 9.17) is 16.9 Å². The Kier molecular flexibility index (Phi) is 7.45. The average Bonchev–Trinajstić information content (AvgIpc) is 3.20. The van der Waals surface area contributed by atoms with Crippen LogP contribution in [0.5, 0.6) is 0 Å². The Hall–Kier alpha value is -2.88. The molecule has 1 aliphatic rings. The van der Waals surface area contributed by atoms with Crippen molar-refractivity contribution in [3.8, 4) is 6.07 Å². The Morgan fingerprint density at radius 1 is 1.20 bits per heavy atom. The molecule has 1 atom stereocenters. The molecule has 0 saturated carbocycles. The lowest BCUT2D eigenvalue weighted by Gasteiger charge is -2.21. The predicted molar refractivity (Wildman–Crippen MR) is 121 cm³/mol. The molecule has 30 heavy (non-hydrogen) atoms. The topological polar surface area (TPSA) is 71.7 Å². The molecule has 3 rings (SSSR count). The molecule has 156 valence electrons. The van der Waals surface area contributed by atoms with Gasteiger partial charge in [-0.3, -0.25) is 0 Å². The van der Waals surface area contributed by atoms with E-state index < -0.39 is 0 Å². The summed E-state index contributed by atoms with van der Waals surface area (Å²) in [7, 11) is 0. The highest BCUT2D eigenvalue weighted by Gasteiger charge is 2.31. The summed E-state index contributed by atoms with van der Waals surface area (Å²) in [5.74, 6) is 0.151. The van der Waals surface area contributed by atoms with Crippen LogP contribution in [0.1, 0.15) is 31.4 Å². The zero-order chi connectivity index (χ0) is 21.5. The summed E-state index contributed by atoms with van der Waals surface area (Å²) >= 11 is 6.04. The number of nitrogens with one attached hydrogen (secondary N) is 1. The fraction of sp³-hybridized carbons (Fsp3) is 0.348. The summed E-state index contributed by atoms with van der Waals surface area (Å²) in [5.41, 5.74) is 3.08. The molecule has 2 aromatic carbocycles. The number of carbonyl (C=O) groups excluding carboxylic acids is 1. The second-order valence-corrected chi connectivity index (χ2v) is 7.64. The highest BCUT2D eigenvalue weighted by atomic mass is 35.5. The van der Waals surface area contributed by atoms with Crippen molar-refractivity contribution in [2.24, 2.45) is 11.0 Å². The number of hydrogen-bond donors (Lipinski definition) is 1. The number of anilines is 1. The van der Waals surface area contributed by atoms with Crippen molar-refractivity contribution in [1.29, 1.82) is 5.26 Å². The minimum Gasteiger partial charge on any atom is -0.306 e. The van der Waals surface area contributed by atoms with Gasteiger partial charge in [0.05, 0.1) is 23.9 Å². The van der Waals surface area contributed by atoms with Gasteiger partial charge in [-0.25, -0.2) is 9.80 Å². The van der Waals surface area contributed by atoms with Crippen molar-refractivity contribution in [2.75, 3.05) is 31.5 Å². The van der Waals surface area contributed by atoms with Crippen LogP contribution >= 0.6 is 11.6 Å². The van der Waals surface area contributed by atoms with Crippen LogP contribution in [-0.4, -0.2) is 47.8 Å². The largest absolute Gasteiger partial charge is 0.342 e. The van der Waals surface area contributed by atoms with E-state index in [1.807, 2.05) is 24.3 Å². The van der Waals surface area contributed by atoms with Crippen molar-refractivity contribution in [2.45, 2.75) is 20.3 Å². The summed E-state index contributed by atoms with van der Waals surface area (Å²) in [6, 6.07) is 16.2. The van der Waals surface area contributed by atoms with E-state index in [1.165, 1.54) is 5.01 Å². The van der Waals surface area contributed by atoms with Crippen molar-refractivity contribution in [3.63, 3.8) is 0 Å². The minimum absolute atomic E-state index is 0.151. The number of benzene rings is 2. The van der Waals surface area contributed by atoms with Crippen LogP contribution in [0.2, 0.25) is 5.02 Å². The third-order valence-electron chi connectivity index (χ3n) is 5.34. The Morgan fingerprint density at radius 3 is 2.47 bits per heavy atom. The van der Waals surface area contributed by atoms with Crippen LogP contribution in [0.3, 0.4) is 0 Å². The van der Waals surface area contributed by atoms with Gasteiger partial charge in [0.15, 0.2) is 0 Å². The number of carbonyl (C=O) groups is 1. The minimum atomic E-state index is -0.281. The Labute approximate surface area is 182 Å². The van der Waals surface area contributed by atoms with Crippen molar-refractivity contribution >= 4 is 29.0 Å². The first-order valence-corrected chi connectivity index (χ1v) is 10.6. The van der Waals surface area contributed by atoms with Gasteiger partial charge in [-0.2, -0.15) is 10.4 Å². The second-order valence-electron chi connectivity index (χ2n) is 7.21. The van der Waals surface area contributed by atoms with Crippen LogP contribution in [0.4, 0.5) is 10.5 Å². The molecule has 0 bridgehead atoms. The van der Waals surface area contributed by atoms with E-state index >= 15 is 0 Å². The summed E-state index contributed by atoms with van der Waals surface area (Å²) in [4.78, 5) is 15.2. The lowest BCUT2D eigenvalue weighted by atomic mass is 9.94. The first kappa shape index (κ1) is 21.8. The maximum absolute atomic E-state index is 12.8. The second kappa shape index (κ2) is 10.2. The molecule has 2 aromatic rings. The van der Waals surface area contributed by atoms with Crippen LogP contribution < -0.4 is 5.32 Å². The third-order valence-corrected chi connectivity index (χ3v) is 5.59. The molecular weight excluding hydrogens is 398 g/mol. The van der Waals surface area contributed by atoms with Gasteiger partial charge >= 0.3 is 6.03 Å². The number of amides is 2. The van der Waals surface area contributed by atoms with Gasteiger partial charge in [0, 0.05) is 16.6 Å². The number of hydrazone groups is 1. The molecule has 2 amide bonds. The van der Waals surface area contributed by atoms with E-state index in [1.54, 1.807) is 24.3 Å². The Bertz CT molecular complexity index is 930. The van der Waals surface area contributed by atoms with Gasteiger partial charge in [0.25, 0.3) is 0 Å². The smallest absolute Gasteiger partial charge is 0.306 e. The quantitative estimate of drug-likeness (QED) is 0.694. The number of urea groups is 1. The number of nitrogens with zero attached hydrogens (tertiary/aromatic N) is 4. The number of rotatable bonds is 7. The van der Waals surface area contributed by atoms with Gasteiger partial charge in [0.1, 0.15) is 0 Å². The molecule has 6 nitrogen and oxygen atoms in total. The van der Waals surface area contributed by atoms with Gasteiger partial charge in [0.2, 0.25) is 0 Å². The molecule has 0 aromatic heterocycles. The molecule has 0 fully saturated rings. The van der Waals surface area contributed by atoms with Crippen LogP contribution in [-0.2, 0) is 0 Å². The highest BCUT2D eigenvalue weighted by molar-refractivity contribution is 6.30.